The van der Waals surface area contributed by atoms with E-state index in [1.165, 1.54) is 0 Å². The molecule has 0 atom stereocenters. The Morgan fingerprint density at radius 1 is 0.895 bits per heavy atom. The Bertz CT molecular complexity index is 602. The van der Waals surface area contributed by atoms with Crippen LogP contribution in [-0.4, -0.2) is 10.2 Å². The highest BCUT2D eigenvalue weighted by molar-refractivity contribution is 8.00. The topological polar surface area (TPSA) is 51.8 Å². The lowest BCUT2D eigenvalue weighted by Gasteiger charge is -2.06. The van der Waals surface area contributed by atoms with E-state index in [1.807, 2.05) is 0 Å². The molecular weight excluding hydrogens is 309 g/mol. The van der Waals surface area contributed by atoms with Gasteiger partial charge in [0.2, 0.25) is 10.9 Å². The van der Waals surface area contributed by atoms with Gasteiger partial charge in [-0.25, -0.2) is 22.0 Å². The van der Waals surface area contributed by atoms with Crippen LogP contribution in [0.1, 0.15) is 5.56 Å². The molecule has 19 heavy (non-hydrogen) atoms. The molecule has 0 bridgehead atoms. The average Bonchev–Trinajstić information content (AvgIpc) is 2.80. The van der Waals surface area contributed by atoms with Gasteiger partial charge in [0.15, 0.2) is 27.6 Å². The maximum atomic E-state index is 13.3. The van der Waals surface area contributed by atoms with Crippen LogP contribution in [0.4, 0.5) is 27.1 Å². The molecule has 2 N–H and O–H groups in total. The second-order valence-electron chi connectivity index (χ2n) is 3.24. The first-order chi connectivity index (χ1) is 8.91. The monoisotopic (exact) mass is 313 g/mol. The zero-order valence-electron chi connectivity index (χ0n) is 8.89. The highest BCUT2D eigenvalue weighted by atomic mass is 32.2. The van der Waals surface area contributed by atoms with Gasteiger partial charge in [-0.3, -0.25) is 0 Å². The third kappa shape index (κ3) is 2.63. The van der Waals surface area contributed by atoms with Crippen molar-refractivity contribution < 1.29 is 22.0 Å². The molecule has 0 spiro atoms. The lowest BCUT2D eigenvalue weighted by atomic mass is 10.2. The Balaban J connectivity index is 2.30. The van der Waals surface area contributed by atoms with Crippen LogP contribution >= 0.6 is 23.1 Å². The zero-order chi connectivity index (χ0) is 14.2. The van der Waals surface area contributed by atoms with E-state index in [0.717, 1.165) is 23.1 Å². The average molecular weight is 313 g/mol. The molecule has 1 aromatic carbocycles. The molecule has 0 radical (unpaired) electrons. The van der Waals surface area contributed by atoms with E-state index in [0.29, 0.717) is 0 Å². The lowest BCUT2D eigenvalue weighted by Crippen LogP contribution is -2.06. The SMILES string of the molecule is Nc1nnc(SCc2c(F)c(F)c(F)c(F)c2F)s1. The normalized spacial score (nSPS) is 11.0. The molecule has 2 rings (SSSR count). The number of thioether (sulfide) groups is 1. The fourth-order valence-corrected chi connectivity index (χ4v) is 2.82. The number of aromatic nitrogens is 2. The number of nitrogen functional groups attached to an aromatic ring is 1. The van der Waals surface area contributed by atoms with Gasteiger partial charge in [-0.2, -0.15) is 0 Å². The molecule has 1 heterocycles. The summed E-state index contributed by atoms with van der Waals surface area (Å²) in [6, 6.07) is 0. The maximum absolute atomic E-state index is 13.3. The summed E-state index contributed by atoms with van der Waals surface area (Å²) in [4.78, 5) is 0. The van der Waals surface area contributed by atoms with Gasteiger partial charge in [-0.05, 0) is 0 Å². The molecular formula is C9H4F5N3S2. The molecule has 0 aliphatic carbocycles. The molecule has 2 aromatic rings. The highest BCUT2D eigenvalue weighted by Crippen LogP contribution is 2.31. The lowest BCUT2D eigenvalue weighted by molar-refractivity contribution is 0.372. The van der Waals surface area contributed by atoms with Crippen LogP contribution in [0, 0.1) is 29.1 Å². The quantitative estimate of drug-likeness (QED) is 0.409. The summed E-state index contributed by atoms with van der Waals surface area (Å²) in [5.41, 5.74) is 4.38. The minimum Gasteiger partial charge on any atom is -0.374 e. The Morgan fingerprint density at radius 3 is 1.89 bits per heavy atom. The van der Waals surface area contributed by atoms with Crippen LogP contribution in [0.3, 0.4) is 0 Å². The van der Waals surface area contributed by atoms with Crippen LogP contribution in [0.2, 0.25) is 0 Å². The summed E-state index contributed by atoms with van der Waals surface area (Å²) in [5.74, 6) is -10.3. The number of hydrogen-bond acceptors (Lipinski definition) is 5. The maximum Gasteiger partial charge on any atom is 0.203 e. The highest BCUT2D eigenvalue weighted by Gasteiger charge is 2.25. The van der Waals surface area contributed by atoms with Crippen LogP contribution in [0.25, 0.3) is 0 Å². The Morgan fingerprint density at radius 2 is 1.42 bits per heavy atom. The molecule has 0 amide bonds. The minimum absolute atomic E-state index is 0.139. The van der Waals surface area contributed by atoms with Gasteiger partial charge < -0.3 is 5.73 Å². The molecule has 0 fully saturated rings. The number of rotatable bonds is 3. The summed E-state index contributed by atoms with van der Waals surface area (Å²) >= 11 is 1.72. The van der Waals surface area contributed by atoms with Crippen molar-refractivity contribution in [3.05, 3.63) is 34.6 Å². The molecule has 0 aliphatic rings. The van der Waals surface area contributed by atoms with E-state index in [4.69, 9.17) is 5.73 Å². The standard InChI is InChI=1S/C9H4F5N3S2/c10-3-2(1-18-9-17-16-8(15)19-9)4(11)6(13)7(14)5(3)12/h1H2,(H2,15,16). The van der Waals surface area contributed by atoms with Crippen LogP contribution in [-0.2, 0) is 5.75 Å². The van der Waals surface area contributed by atoms with Crippen LogP contribution in [0.5, 0.6) is 0 Å². The van der Waals surface area contributed by atoms with Gasteiger partial charge in [-0.15, -0.1) is 10.2 Å². The molecule has 0 unspecified atom stereocenters. The Kier molecular flexibility index (Phi) is 3.90. The number of nitrogens with zero attached hydrogens (tertiary/aromatic N) is 2. The molecule has 0 saturated heterocycles. The minimum atomic E-state index is -2.18. The van der Waals surface area contributed by atoms with Gasteiger partial charge in [0.05, 0.1) is 0 Å². The van der Waals surface area contributed by atoms with Gasteiger partial charge in [-0.1, -0.05) is 23.1 Å². The van der Waals surface area contributed by atoms with Gasteiger partial charge >= 0.3 is 0 Å². The van der Waals surface area contributed by atoms with Crippen molar-refractivity contribution in [2.75, 3.05) is 5.73 Å². The fraction of sp³-hybridized carbons (Fsp3) is 0.111. The largest absolute Gasteiger partial charge is 0.374 e. The smallest absolute Gasteiger partial charge is 0.203 e. The summed E-state index contributed by atoms with van der Waals surface area (Å²) in [5, 5.41) is 7.14. The number of nitrogens with two attached hydrogens (primary N) is 1. The summed E-state index contributed by atoms with van der Waals surface area (Å²) < 4.78 is 65.5. The van der Waals surface area contributed by atoms with Crippen LogP contribution in [0.15, 0.2) is 4.34 Å². The first-order valence-corrected chi connectivity index (χ1v) is 6.44. The number of halogens is 5. The fourth-order valence-electron chi connectivity index (χ4n) is 1.19. The first kappa shape index (κ1) is 14.0. The second-order valence-corrected chi connectivity index (χ2v) is 5.47. The van der Waals surface area contributed by atoms with Crippen molar-refractivity contribution in [3.63, 3.8) is 0 Å². The molecule has 3 nitrogen and oxygen atoms in total. The second kappa shape index (κ2) is 5.29. The van der Waals surface area contributed by atoms with Gasteiger partial charge in [0.1, 0.15) is 0 Å². The van der Waals surface area contributed by atoms with Gasteiger partial charge in [0.25, 0.3) is 0 Å². The molecule has 0 aliphatic heterocycles. The van der Waals surface area contributed by atoms with E-state index in [2.05, 4.69) is 10.2 Å². The van der Waals surface area contributed by atoms with E-state index in [9.17, 15) is 22.0 Å². The molecule has 10 heteroatoms. The van der Waals surface area contributed by atoms with Gasteiger partial charge in [0, 0.05) is 11.3 Å². The Hall–Kier alpha value is -1.42. The third-order valence-corrected chi connectivity index (χ3v) is 3.98. The summed E-state index contributed by atoms with van der Waals surface area (Å²) in [6.07, 6.45) is 0. The van der Waals surface area contributed by atoms with E-state index in [-0.39, 0.29) is 9.47 Å². The van der Waals surface area contributed by atoms with Crippen molar-refractivity contribution in [3.8, 4) is 0 Å². The Labute approximate surface area is 111 Å². The molecule has 102 valence electrons. The van der Waals surface area contributed by atoms with E-state index in [1.54, 1.807) is 0 Å². The third-order valence-electron chi connectivity index (χ3n) is 2.06. The summed E-state index contributed by atoms with van der Waals surface area (Å²) in [7, 11) is 0. The van der Waals surface area contributed by atoms with E-state index < -0.39 is 40.4 Å². The number of hydrogen-bond donors (Lipinski definition) is 1. The predicted molar refractivity (Wildman–Crippen MR) is 60.1 cm³/mol. The van der Waals surface area contributed by atoms with E-state index >= 15 is 0 Å². The molecule has 0 saturated carbocycles. The summed E-state index contributed by atoms with van der Waals surface area (Å²) in [6.45, 7) is 0. The predicted octanol–water partition coefficient (Wildman–Crippen LogP) is 3.11. The van der Waals surface area contributed by atoms with Crippen molar-refractivity contribution in [2.45, 2.75) is 10.1 Å². The number of benzene rings is 1. The van der Waals surface area contributed by atoms with Crippen molar-refractivity contribution in [1.82, 2.24) is 10.2 Å². The number of anilines is 1. The van der Waals surface area contributed by atoms with Crippen molar-refractivity contribution >= 4 is 28.2 Å². The van der Waals surface area contributed by atoms with Crippen molar-refractivity contribution in [1.29, 1.82) is 0 Å². The van der Waals surface area contributed by atoms with Crippen molar-refractivity contribution in [2.24, 2.45) is 0 Å². The van der Waals surface area contributed by atoms with Crippen LogP contribution < -0.4 is 5.73 Å². The first-order valence-electron chi connectivity index (χ1n) is 4.64. The zero-order valence-corrected chi connectivity index (χ0v) is 10.5. The molecule has 1 aromatic heterocycles.